The number of hydrogen-bond acceptors (Lipinski definition) is 3. The molecular formula is C11H7ClFN3OS. The van der Waals surface area contributed by atoms with E-state index in [1.54, 1.807) is 13.0 Å². The first-order chi connectivity index (χ1) is 8.56. The first kappa shape index (κ1) is 11.4. The molecule has 0 bridgehead atoms. The molecular weight excluding hydrogens is 277 g/mol. The molecule has 3 aromatic rings. The zero-order valence-electron chi connectivity index (χ0n) is 9.20. The Labute approximate surface area is 110 Å². The van der Waals surface area contributed by atoms with Crippen molar-refractivity contribution in [2.45, 2.75) is 6.92 Å². The smallest absolute Gasteiger partial charge is 0.292 e. The van der Waals surface area contributed by atoms with Gasteiger partial charge in [-0.2, -0.15) is 4.68 Å². The van der Waals surface area contributed by atoms with E-state index >= 15 is 0 Å². The maximum absolute atomic E-state index is 13.1. The van der Waals surface area contributed by atoms with Crippen LogP contribution in [0.25, 0.3) is 15.3 Å². The van der Waals surface area contributed by atoms with Crippen LogP contribution in [0, 0.1) is 12.7 Å². The van der Waals surface area contributed by atoms with Crippen molar-refractivity contribution in [2.75, 3.05) is 0 Å². The Morgan fingerprint density at radius 2 is 2.28 bits per heavy atom. The summed E-state index contributed by atoms with van der Waals surface area (Å²) in [7, 11) is 0. The standard InChI is InChI=1S/C11H7ClFN3OS/c1-5-9(12)10(17)16(15-5)11-14-7-3-2-6(13)4-8(7)18-11/h2-4,15H,1H3. The van der Waals surface area contributed by atoms with Crippen LogP contribution >= 0.6 is 22.9 Å². The lowest BCUT2D eigenvalue weighted by molar-refractivity contribution is 0.630. The highest BCUT2D eigenvalue weighted by molar-refractivity contribution is 7.20. The second-order valence-corrected chi connectivity index (χ2v) is 5.19. The summed E-state index contributed by atoms with van der Waals surface area (Å²) in [6.45, 7) is 1.70. The van der Waals surface area contributed by atoms with Gasteiger partial charge >= 0.3 is 0 Å². The summed E-state index contributed by atoms with van der Waals surface area (Å²) in [6, 6.07) is 4.30. The van der Waals surface area contributed by atoms with Crippen LogP contribution in [0.3, 0.4) is 0 Å². The van der Waals surface area contributed by atoms with Gasteiger partial charge in [0.15, 0.2) is 0 Å². The molecule has 0 aliphatic carbocycles. The highest BCUT2D eigenvalue weighted by atomic mass is 35.5. The molecule has 2 aromatic heterocycles. The van der Waals surface area contributed by atoms with E-state index in [-0.39, 0.29) is 16.4 Å². The Balaban J connectivity index is 2.25. The lowest BCUT2D eigenvalue weighted by Gasteiger charge is -1.92. The molecule has 2 heterocycles. The molecule has 1 aromatic carbocycles. The first-order valence-corrected chi connectivity index (χ1v) is 6.29. The van der Waals surface area contributed by atoms with Gasteiger partial charge in [0.2, 0.25) is 5.13 Å². The average molecular weight is 284 g/mol. The number of aromatic nitrogens is 3. The second-order valence-electron chi connectivity index (χ2n) is 3.80. The number of nitrogens with zero attached hydrogens (tertiary/aromatic N) is 2. The van der Waals surface area contributed by atoms with Gasteiger partial charge in [0.05, 0.1) is 15.9 Å². The van der Waals surface area contributed by atoms with Crippen molar-refractivity contribution in [1.29, 1.82) is 0 Å². The van der Waals surface area contributed by atoms with Crippen molar-refractivity contribution < 1.29 is 4.39 Å². The number of aromatic amines is 1. The fourth-order valence-electron chi connectivity index (χ4n) is 1.64. The monoisotopic (exact) mass is 283 g/mol. The average Bonchev–Trinajstić information content (AvgIpc) is 2.85. The van der Waals surface area contributed by atoms with Crippen LogP contribution in [0.15, 0.2) is 23.0 Å². The van der Waals surface area contributed by atoms with Crippen LogP contribution in [0.1, 0.15) is 5.69 Å². The number of thiazole rings is 1. The Bertz CT molecular complexity index is 804. The third-order valence-corrected chi connectivity index (χ3v) is 3.98. The largest absolute Gasteiger partial charge is 0.292 e. The molecule has 3 rings (SSSR count). The number of hydrogen-bond donors (Lipinski definition) is 1. The van der Waals surface area contributed by atoms with Crippen molar-refractivity contribution in [2.24, 2.45) is 0 Å². The molecule has 0 radical (unpaired) electrons. The minimum atomic E-state index is -0.353. The molecule has 1 N–H and O–H groups in total. The lowest BCUT2D eigenvalue weighted by atomic mass is 10.3. The molecule has 4 nitrogen and oxygen atoms in total. The predicted molar refractivity (Wildman–Crippen MR) is 69.3 cm³/mol. The first-order valence-electron chi connectivity index (χ1n) is 5.10. The topological polar surface area (TPSA) is 50.7 Å². The van der Waals surface area contributed by atoms with Crippen LogP contribution in [-0.4, -0.2) is 14.8 Å². The van der Waals surface area contributed by atoms with E-state index in [1.165, 1.54) is 28.2 Å². The summed E-state index contributed by atoms with van der Waals surface area (Å²) < 4.78 is 15.0. The van der Waals surface area contributed by atoms with E-state index in [0.717, 1.165) is 0 Å². The van der Waals surface area contributed by atoms with Crippen LogP contribution in [-0.2, 0) is 0 Å². The number of H-pyrrole nitrogens is 1. The normalized spacial score (nSPS) is 11.3. The molecule has 0 atom stereocenters. The van der Waals surface area contributed by atoms with Crippen LogP contribution < -0.4 is 5.56 Å². The van der Waals surface area contributed by atoms with Crippen molar-refractivity contribution in [3.8, 4) is 5.13 Å². The van der Waals surface area contributed by atoms with Gasteiger partial charge in [-0.3, -0.25) is 9.89 Å². The summed E-state index contributed by atoms with van der Waals surface area (Å²) in [5.41, 5.74) is 0.868. The number of rotatable bonds is 1. The summed E-state index contributed by atoms with van der Waals surface area (Å²) in [5.74, 6) is -0.328. The minimum Gasteiger partial charge on any atom is -0.292 e. The number of nitrogens with one attached hydrogen (secondary N) is 1. The maximum Gasteiger partial charge on any atom is 0.292 e. The van der Waals surface area contributed by atoms with Crippen LogP contribution in [0.2, 0.25) is 5.02 Å². The number of halogens is 2. The van der Waals surface area contributed by atoms with Gasteiger partial charge in [-0.1, -0.05) is 22.9 Å². The van der Waals surface area contributed by atoms with Crippen LogP contribution in [0.5, 0.6) is 0 Å². The molecule has 7 heteroatoms. The molecule has 0 unspecified atom stereocenters. The summed E-state index contributed by atoms with van der Waals surface area (Å²) in [6.07, 6.45) is 0. The molecule has 0 amide bonds. The van der Waals surface area contributed by atoms with Gasteiger partial charge in [0.1, 0.15) is 10.8 Å². The Hall–Kier alpha value is -1.66. The molecule has 0 fully saturated rings. The summed E-state index contributed by atoms with van der Waals surface area (Å²) in [5, 5.41) is 3.41. The predicted octanol–water partition coefficient (Wildman–Crippen LogP) is 2.88. The van der Waals surface area contributed by atoms with E-state index in [1.807, 2.05) is 0 Å². The van der Waals surface area contributed by atoms with Crippen molar-refractivity contribution >= 4 is 33.2 Å². The van der Waals surface area contributed by atoms with Gasteiger partial charge in [-0.15, -0.1) is 0 Å². The van der Waals surface area contributed by atoms with Crippen molar-refractivity contribution in [3.05, 3.63) is 45.1 Å². The second kappa shape index (κ2) is 3.93. The quantitative estimate of drug-likeness (QED) is 0.746. The minimum absolute atomic E-state index is 0.139. The molecule has 0 aliphatic heterocycles. The van der Waals surface area contributed by atoms with Crippen LogP contribution in [0.4, 0.5) is 4.39 Å². The highest BCUT2D eigenvalue weighted by Crippen LogP contribution is 2.25. The summed E-state index contributed by atoms with van der Waals surface area (Å²) >= 11 is 7.05. The fourth-order valence-corrected chi connectivity index (χ4v) is 2.72. The van der Waals surface area contributed by atoms with Gasteiger partial charge in [-0.05, 0) is 25.1 Å². The van der Waals surface area contributed by atoms with Gasteiger partial charge in [0, 0.05) is 0 Å². The van der Waals surface area contributed by atoms with E-state index < -0.39 is 0 Å². The fraction of sp³-hybridized carbons (Fsp3) is 0.0909. The van der Waals surface area contributed by atoms with E-state index in [0.29, 0.717) is 21.0 Å². The Morgan fingerprint density at radius 3 is 2.94 bits per heavy atom. The zero-order chi connectivity index (χ0) is 12.9. The van der Waals surface area contributed by atoms with Crippen molar-refractivity contribution in [3.63, 3.8) is 0 Å². The van der Waals surface area contributed by atoms with E-state index in [4.69, 9.17) is 11.6 Å². The van der Waals surface area contributed by atoms with Gasteiger partial charge in [-0.25, -0.2) is 9.37 Å². The van der Waals surface area contributed by atoms with E-state index in [2.05, 4.69) is 10.1 Å². The molecule has 0 spiro atoms. The molecule has 18 heavy (non-hydrogen) atoms. The number of fused-ring (bicyclic) bond motifs is 1. The van der Waals surface area contributed by atoms with Gasteiger partial charge < -0.3 is 0 Å². The third kappa shape index (κ3) is 1.65. The lowest BCUT2D eigenvalue weighted by Crippen LogP contribution is -2.14. The zero-order valence-corrected chi connectivity index (χ0v) is 10.8. The van der Waals surface area contributed by atoms with E-state index in [9.17, 15) is 9.18 Å². The molecule has 0 saturated heterocycles. The summed E-state index contributed by atoms with van der Waals surface area (Å²) in [4.78, 5) is 16.1. The van der Waals surface area contributed by atoms with Gasteiger partial charge in [0.25, 0.3) is 5.56 Å². The third-order valence-electron chi connectivity index (χ3n) is 2.53. The SMILES string of the molecule is Cc1[nH]n(-c2nc3ccc(F)cc3s2)c(=O)c1Cl. The maximum atomic E-state index is 13.1. The molecule has 92 valence electrons. The number of benzene rings is 1. The Morgan fingerprint density at radius 1 is 1.50 bits per heavy atom. The molecule has 0 aliphatic rings. The van der Waals surface area contributed by atoms with Crippen molar-refractivity contribution in [1.82, 2.24) is 14.8 Å². The number of aryl methyl sites for hydroxylation is 1. The Kier molecular flexibility index (Phi) is 2.49. The molecule has 0 saturated carbocycles. The highest BCUT2D eigenvalue weighted by Gasteiger charge is 2.13.